The van der Waals surface area contributed by atoms with Crippen molar-refractivity contribution in [3.05, 3.63) is 12.2 Å². The van der Waals surface area contributed by atoms with Crippen LogP contribution >= 0.6 is 0 Å². The predicted octanol–water partition coefficient (Wildman–Crippen LogP) is 4.65. The summed E-state index contributed by atoms with van der Waals surface area (Å²) in [7, 11) is 0. The molecule has 0 atom stereocenters. The van der Waals surface area contributed by atoms with E-state index in [4.69, 9.17) is 9.47 Å². The molecule has 0 aliphatic carbocycles. The Bertz CT molecular complexity index is 184. The normalized spacial score (nSPS) is 11.5. The Kier molecular flexibility index (Phi) is 18.5. The number of unbranched alkanes of at least 4 members (excludes halogenated alkanes) is 6. The quantitative estimate of drug-likeness (QED) is 0.185. The second-order valence-corrected chi connectivity index (χ2v) is 5.10. The molecule has 0 spiro atoms. The first kappa shape index (κ1) is 19.3. The van der Waals surface area contributed by atoms with Gasteiger partial charge < -0.3 is 0 Å². The van der Waals surface area contributed by atoms with Crippen LogP contribution in [0.1, 0.15) is 64.7 Å². The van der Waals surface area contributed by atoms with Crippen molar-refractivity contribution >= 4 is 17.7 Å². The summed E-state index contributed by atoms with van der Waals surface area (Å²) in [6, 6.07) is 0. The van der Waals surface area contributed by atoms with Gasteiger partial charge in [-0.1, -0.05) is 39.0 Å². The van der Waals surface area contributed by atoms with Gasteiger partial charge in [0.1, 0.15) is 0 Å². The Balaban J connectivity index is 2.95. The minimum Gasteiger partial charge on any atom is -0.0654 e. The molecule has 0 unspecified atom stereocenters. The topological polar surface area (TPSA) is 18.5 Å². The van der Waals surface area contributed by atoms with E-state index in [0.29, 0.717) is 6.79 Å². The third-order valence-corrected chi connectivity index (χ3v) is 3.11. The SMILES string of the molecule is [Li][CH2]C/C=C/CCOCOCCCCCCCCC. The van der Waals surface area contributed by atoms with Crippen LogP contribution in [-0.2, 0) is 9.47 Å². The van der Waals surface area contributed by atoms with Gasteiger partial charge in [0.25, 0.3) is 0 Å². The Hall–Kier alpha value is 0.257. The Morgan fingerprint density at radius 2 is 1.42 bits per heavy atom. The zero-order valence-corrected chi connectivity index (χ0v) is 13.2. The van der Waals surface area contributed by atoms with Crippen LogP contribution in [0.5, 0.6) is 0 Å². The second-order valence-electron chi connectivity index (χ2n) is 5.10. The predicted molar refractivity (Wildman–Crippen MR) is 83.7 cm³/mol. The zero-order chi connectivity index (χ0) is 14.0. The van der Waals surface area contributed by atoms with Crippen LogP contribution in [-0.4, -0.2) is 37.7 Å². The fourth-order valence-corrected chi connectivity index (χ4v) is 1.89. The van der Waals surface area contributed by atoms with Gasteiger partial charge in [0.05, 0.1) is 0 Å². The van der Waals surface area contributed by atoms with Gasteiger partial charge in [0, 0.05) is 0 Å². The van der Waals surface area contributed by atoms with E-state index in [9.17, 15) is 0 Å². The number of hydrogen-bond acceptors (Lipinski definition) is 2. The minimum absolute atomic E-state index is 0.456. The third-order valence-electron chi connectivity index (χ3n) is 3.11. The molecule has 0 saturated carbocycles. The Morgan fingerprint density at radius 1 is 0.789 bits per heavy atom. The standard InChI is InChI=1S/C16H31O2.Li/c1-3-5-7-9-10-11-13-15-18-16-17-14-12-8-6-4-2;/h6,8H,2-5,7,9-16H2,1H3;/b8-6+;. The molecule has 0 fully saturated rings. The van der Waals surface area contributed by atoms with E-state index in [1.54, 1.807) is 0 Å². The zero-order valence-electron chi connectivity index (χ0n) is 13.2. The Morgan fingerprint density at radius 3 is 2.16 bits per heavy atom. The maximum atomic E-state index is 5.44. The van der Waals surface area contributed by atoms with E-state index < -0.39 is 0 Å². The molecular weight excluding hydrogens is 231 g/mol. The number of rotatable bonds is 15. The van der Waals surface area contributed by atoms with Crippen molar-refractivity contribution < 1.29 is 9.47 Å². The van der Waals surface area contributed by atoms with Gasteiger partial charge in [0.15, 0.2) is 0 Å². The van der Waals surface area contributed by atoms with E-state index in [-0.39, 0.29) is 0 Å². The molecule has 0 heterocycles. The van der Waals surface area contributed by atoms with Crippen LogP contribution in [0.25, 0.3) is 0 Å². The van der Waals surface area contributed by atoms with E-state index in [1.807, 2.05) is 0 Å². The summed E-state index contributed by atoms with van der Waals surface area (Å²) < 4.78 is 10.8. The van der Waals surface area contributed by atoms with Crippen LogP contribution in [0.4, 0.5) is 0 Å². The molecule has 19 heavy (non-hydrogen) atoms. The Labute approximate surface area is 129 Å². The van der Waals surface area contributed by atoms with Crippen LogP contribution in [0, 0.1) is 0 Å². The van der Waals surface area contributed by atoms with Crippen molar-refractivity contribution in [2.75, 3.05) is 20.0 Å². The first-order valence-corrected chi connectivity index (χ1v) is 8.22. The van der Waals surface area contributed by atoms with Crippen molar-refractivity contribution in [2.45, 2.75) is 69.8 Å². The van der Waals surface area contributed by atoms with Gasteiger partial charge in [-0.3, -0.25) is 0 Å². The van der Waals surface area contributed by atoms with Crippen LogP contribution < -0.4 is 0 Å². The van der Waals surface area contributed by atoms with Crippen molar-refractivity contribution in [1.82, 2.24) is 0 Å². The molecule has 3 heteroatoms. The minimum atomic E-state index is 0.456. The summed E-state index contributed by atoms with van der Waals surface area (Å²) in [5.74, 6) is 0. The summed E-state index contributed by atoms with van der Waals surface area (Å²) in [5, 5.41) is 1.22. The van der Waals surface area contributed by atoms with Crippen molar-refractivity contribution in [3.63, 3.8) is 0 Å². The molecule has 2 nitrogen and oxygen atoms in total. The molecule has 108 valence electrons. The molecule has 0 amide bonds. The summed E-state index contributed by atoms with van der Waals surface area (Å²) in [5.41, 5.74) is 0. The van der Waals surface area contributed by atoms with Crippen molar-refractivity contribution in [1.29, 1.82) is 0 Å². The molecule has 0 rings (SSSR count). The molecule has 0 aliphatic rings. The molecule has 0 radical (unpaired) electrons. The van der Waals surface area contributed by atoms with Gasteiger partial charge >= 0.3 is 90.1 Å². The van der Waals surface area contributed by atoms with Crippen LogP contribution in [0.2, 0.25) is 5.09 Å². The van der Waals surface area contributed by atoms with Crippen molar-refractivity contribution in [3.8, 4) is 0 Å². The molecule has 0 aromatic heterocycles. The monoisotopic (exact) mass is 262 g/mol. The van der Waals surface area contributed by atoms with E-state index in [0.717, 1.165) is 19.6 Å². The fraction of sp³-hybridized carbons (Fsp3) is 0.875. The average molecular weight is 262 g/mol. The van der Waals surface area contributed by atoms with E-state index >= 15 is 0 Å². The number of ether oxygens (including phenoxy) is 2. The second kappa shape index (κ2) is 18.3. The summed E-state index contributed by atoms with van der Waals surface area (Å²) in [6.45, 7) is 4.33. The molecule has 0 saturated heterocycles. The summed E-state index contributed by atoms with van der Waals surface area (Å²) in [4.78, 5) is 0. The number of allylic oxidation sites excluding steroid dienone is 1. The number of hydrogen-bond donors (Lipinski definition) is 0. The molecular formula is C16H31LiO2. The molecule has 0 aromatic rings. The molecule has 0 aromatic carbocycles. The van der Waals surface area contributed by atoms with Crippen LogP contribution in [0.3, 0.4) is 0 Å². The smallest absolute Gasteiger partial charge is 0.0654 e. The van der Waals surface area contributed by atoms with Crippen LogP contribution in [0.15, 0.2) is 12.2 Å². The van der Waals surface area contributed by atoms with Gasteiger partial charge in [-0.25, -0.2) is 0 Å². The summed E-state index contributed by atoms with van der Waals surface area (Å²) in [6.07, 6.45) is 15.9. The average Bonchev–Trinajstić information content (AvgIpc) is 2.43. The fourth-order valence-electron chi connectivity index (χ4n) is 1.89. The molecule has 0 aliphatic heterocycles. The van der Waals surface area contributed by atoms with Gasteiger partial charge in [-0.05, 0) is 0 Å². The van der Waals surface area contributed by atoms with Crippen molar-refractivity contribution in [2.24, 2.45) is 0 Å². The van der Waals surface area contributed by atoms with E-state index in [1.165, 1.54) is 56.5 Å². The maximum absolute atomic E-state index is 5.44. The first-order valence-electron chi connectivity index (χ1n) is 8.22. The third kappa shape index (κ3) is 18.3. The van der Waals surface area contributed by atoms with Gasteiger partial charge in [0.2, 0.25) is 0 Å². The molecule has 0 bridgehead atoms. The summed E-state index contributed by atoms with van der Waals surface area (Å²) >= 11 is 2.19. The first-order chi connectivity index (χ1) is 9.41. The molecule has 0 N–H and O–H groups in total. The van der Waals surface area contributed by atoms with E-state index in [2.05, 4.69) is 36.8 Å². The van der Waals surface area contributed by atoms with Gasteiger partial charge in [-0.15, -0.1) is 0 Å². The van der Waals surface area contributed by atoms with Gasteiger partial charge in [-0.2, -0.15) is 0 Å².